The minimum Gasteiger partial charge on any atom is -0.389 e. The summed E-state index contributed by atoms with van der Waals surface area (Å²) in [6.07, 6.45) is 60.3. The molecule has 0 heterocycles. The van der Waals surface area contributed by atoms with Crippen LogP contribution < -0.4 is 0 Å². The second-order valence-corrected chi connectivity index (χ2v) is 27.7. The smallest absolute Gasteiger partial charge is 0.155 e. The molecule has 0 bridgehead atoms. The molecule has 0 aromatic carbocycles. The van der Waals surface area contributed by atoms with Crippen molar-refractivity contribution in [1.29, 1.82) is 0 Å². The van der Waals surface area contributed by atoms with Crippen molar-refractivity contribution in [2.24, 2.45) is 41.4 Å². The molecular weight excluding hydrogens is 1020 g/mol. The Balaban J connectivity index is 0.000000499. The summed E-state index contributed by atoms with van der Waals surface area (Å²) in [5.41, 5.74) is 7.93. The Bertz CT molecular complexity index is 1940. The highest BCUT2D eigenvalue weighted by Gasteiger charge is 2.23. The van der Waals surface area contributed by atoms with E-state index in [2.05, 4.69) is 102 Å². The molecule has 0 aromatic heterocycles. The van der Waals surface area contributed by atoms with E-state index in [0.29, 0.717) is 41.0 Å². The van der Waals surface area contributed by atoms with Gasteiger partial charge in [-0.2, -0.15) is 0 Å². The molecule has 9 atom stereocenters. The van der Waals surface area contributed by atoms with Gasteiger partial charge in [-0.05, 0) is 198 Å². The van der Waals surface area contributed by atoms with Crippen molar-refractivity contribution in [3.63, 3.8) is 0 Å². The number of carbonyl (C=O) groups is 3. The quantitative estimate of drug-likeness (QED) is 0.0558. The lowest BCUT2D eigenvalue weighted by atomic mass is 9.83. The molecule has 0 amide bonds. The van der Waals surface area contributed by atoms with E-state index in [0.717, 1.165) is 94.8 Å². The highest BCUT2D eigenvalue weighted by atomic mass is 16.3. The fraction of sp³-hybridized carbons (Fsp3) is 0.779. The number of hydrogen-bond donors (Lipinski definition) is 3. The lowest BCUT2D eigenvalue weighted by molar-refractivity contribution is -0.116. The monoisotopic (exact) mass is 1160 g/mol. The number of allylic oxidation sites excluding steroid dienone is 11. The first-order valence-corrected chi connectivity index (χ1v) is 35.0. The Labute approximate surface area is 514 Å². The van der Waals surface area contributed by atoms with E-state index in [1.54, 1.807) is 6.08 Å². The SMILES string of the molecule is CC/C=C\CCC1CC(=O)C=C(C)C1.CC1=CC(O)CC(CC(C)C)C1.CCCCCC1CC(C)=CC(O)C1.CCCCCCC1CC(=O)C=C(C)C1.CCCCCCCC1CC(=O)C=C(C)C1.CCCCCCCC1CC(C)=CC(O)C1. The number of carbonyl (C=O) groups excluding carboxylic acids is 3. The summed E-state index contributed by atoms with van der Waals surface area (Å²) in [6.45, 7) is 28.2. The van der Waals surface area contributed by atoms with Crippen LogP contribution in [0.15, 0.2) is 82.0 Å². The molecule has 0 aliphatic heterocycles. The average Bonchev–Trinajstić information content (AvgIpc) is 3.40. The van der Waals surface area contributed by atoms with Gasteiger partial charge in [0, 0.05) is 19.3 Å². The van der Waals surface area contributed by atoms with Gasteiger partial charge in [0.1, 0.15) is 0 Å². The molecular formula is C77H134O6. The summed E-state index contributed by atoms with van der Waals surface area (Å²) in [5.74, 6) is 5.84. The lowest BCUT2D eigenvalue weighted by Gasteiger charge is -2.25. The Kier molecular flexibility index (Phi) is 46.2. The summed E-state index contributed by atoms with van der Waals surface area (Å²) >= 11 is 0. The van der Waals surface area contributed by atoms with Crippen molar-refractivity contribution in [3.8, 4) is 0 Å². The average molecular weight is 1160 g/mol. The first-order valence-electron chi connectivity index (χ1n) is 35.0. The number of unbranched alkanes of at least 4 members (excludes halogenated alkanes) is 13. The minimum absolute atomic E-state index is 0.166. The standard InChI is InChI=1S/C14H26O.C14H24O.C13H22O.C13H20O.C12H22O.C11H20O/c2*1-3-4-5-6-7-8-13-9-12(2)10-14(15)11-13;2*1-3-4-5-6-7-12-8-11(2)9-13(14)10-12;1-3-4-5-6-11-7-10(2)8-12(13)9-11;1-8(2)4-10-5-9(3)6-11(12)7-10/h10,13-15H,3-9,11H2,1-2H3;10,13H,3-9,11H2,1-2H3;9,12H,3-8,10H2,1-2H3;4-5,9,12H,3,6-8,10H2,1-2H3;8,11-13H,3-7,9H2,1-2H3;6,8,10-12H,4-5,7H2,1-3H3/b;;;5-4-;;. The molecule has 0 fully saturated rings. The van der Waals surface area contributed by atoms with Crippen molar-refractivity contribution in [2.45, 2.75) is 346 Å². The number of rotatable bonds is 27. The highest BCUT2D eigenvalue weighted by molar-refractivity contribution is 5.92. The van der Waals surface area contributed by atoms with Crippen molar-refractivity contribution in [1.82, 2.24) is 0 Å². The summed E-state index contributed by atoms with van der Waals surface area (Å²) in [4.78, 5) is 33.9. The number of aliphatic hydroxyl groups is 3. The fourth-order valence-electron chi connectivity index (χ4n) is 13.8. The Morgan fingerprint density at radius 2 is 0.663 bits per heavy atom. The van der Waals surface area contributed by atoms with Crippen LogP contribution in [0, 0.1) is 41.4 Å². The van der Waals surface area contributed by atoms with E-state index in [4.69, 9.17) is 0 Å². The molecule has 0 radical (unpaired) electrons. The van der Waals surface area contributed by atoms with Crippen LogP contribution in [0.3, 0.4) is 0 Å². The molecule has 6 aliphatic carbocycles. The molecule has 0 saturated carbocycles. The Morgan fingerprint density at radius 1 is 0.373 bits per heavy atom. The van der Waals surface area contributed by atoms with E-state index in [1.807, 2.05) is 30.4 Å². The van der Waals surface area contributed by atoms with Crippen LogP contribution in [0.2, 0.25) is 0 Å². The van der Waals surface area contributed by atoms with Gasteiger partial charge in [-0.25, -0.2) is 0 Å². The van der Waals surface area contributed by atoms with Gasteiger partial charge in [0.15, 0.2) is 17.3 Å². The van der Waals surface area contributed by atoms with Gasteiger partial charge >= 0.3 is 0 Å². The zero-order valence-electron chi connectivity index (χ0n) is 56.6. The zero-order valence-corrected chi connectivity index (χ0v) is 56.6. The normalized spacial score (nSPS) is 25.2. The van der Waals surface area contributed by atoms with Crippen LogP contribution in [0.25, 0.3) is 0 Å². The summed E-state index contributed by atoms with van der Waals surface area (Å²) in [7, 11) is 0. The molecule has 478 valence electrons. The van der Waals surface area contributed by atoms with Gasteiger partial charge in [-0.3, -0.25) is 14.4 Å². The largest absolute Gasteiger partial charge is 0.389 e. The van der Waals surface area contributed by atoms with Crippen molar-refractivity contribution < 1.29 is 29.7 Å². The van der Waals surface area contributed by atoms with Crippen LogP contribution in [0.5, 0.6) is 0 Å². The molecule has 6 rings (SSSR count). The number of aliphatic hydroxyl groups excluding tert-OH is 3. The third-order valence-corrected chi connectivity index (χ3v) is 17.6. The molecule has 6 aliphatic rings. The van der Waals surface area contributed by atoms with Crippen molar-refractivity contribution in [2.75, 3.05) is 0 Å². The minimum atomic E-state index is -0.178. The topological polar surface area (TPSA) is 112 Å². The maximum atomic E-state index is 11.3. The lowest BCUT2D eigenvalue weighted by Crippen LogP contribution is -2.18. The predicted molar refractivity (Wildman–Crippen MR) is 360 cm³/mol. The third-order valence-electron chi connectivity index (χ3n) is 17.6. The molecule has 0 spiro atoms. The van der Waals surface area contributed by atoms with Crippen LogP contribution in [0.4, 0.5) is 0 Å². The van der Waals surface area contributed by atoms with Gasteiger partial charge in [-0.1, -0.05) is 234 Å². The molecule has 9 unspecified atom stereocenters. The van der Waals surface area contributed by atoms with E-state index in [1.165, 1.54) is 194 Å². The van der Waals surface area contributed by atoms with Crippen molar-refractivity contribution >= 4 is 17.3 Å². The van der Waals surface area contributed by atoms with Crippen LogP contribution >= 0.6 is 0 Å². The maximum Gasteiger partial charge on any atom is 0.155 e. The number of ketones is 3. The molecule has 83 heavy (non-hydrogen) atoms. The van der Waals surface area contributed by atoms with Gasteiger partial charge in [-0.15, -0.1) is 0 Å². The summed E-state index contributed by atoms with van der Waals surface area (Å²) in [5, 5.41) is 28.6. The highest BCUT2D eigenvalue weighted by Crippen LogP contribution is 2.32. The van der Waals surface area contributed by atoms with E-state index in [9.17, 15) is 29.7 Å². The van der Waals surface area contributed by atoms with Gasteiger partial charge in [0.25, 0.3) is 0 Å². The molecule has 6 nitrogen and oxygen atoms in total. The molecule has 3 N–H and O–H groups in total. The van der Waals surface area contributed by atoms with Crippen molar-refractivity contribution in [3.05, 3.63) is 82.0 Å². The molecule has 6 heteroatoms. The maximum absolute atomic E-state index is 11.3. The van der Waals surface area contributed by atoms with Gasteiger partial charge in [0.2, 0.25) is 0 Å². The first kappa shape index (κ1) is 78.1. The van der Waals surface area contributed by atoms with Crippen LogP contribution in [-0.2, 0) is 14.4 Å². The predicted octanol–water partition coefficient (Wildman–Crippen LogP) is 21.9. The summed E-state index contributed by atoms with van der Waals surface area (Å²) < 4.78 is 0. The van der Waals surface area contributed by atoms with Gasteiger partial charge < -0.3 is 15.3 Å². The second-order valence-electron chi connectivity index (χ2n) is 27.7. The van der Waals surface area contributed by atoms with E-state index in [-0.39, 0.29) is 18.3 Å². The fourth-order valence-corrected chi connectivity index (χ4v) is 13.8. The van der Waals surface area contributed by atoms with Crippen LogP contribution in [-0.4, -0.2) is 51.0 Å². The van der Waals surface area contributed by atoms with E-state index >= 15 is 0 Å². The molecule has 0 aromatic rings. The second kappa shape index (κ2) is 49.1. The Hall–Kier alpha value is -2.93. The molecule has 0 saturated heterocycles. The summed E-state index contributed by atoms with van der Waals surface area (Å²) in [6, 6.07) is 0. The zero-order chi connectivity index (χ0) is 61.8. The Morgan fingerprint density at radius 3 is 1.00 bits per heavy atom. The van der Waals surface area contributed by atoms with Gasteiger partial charge in [0.05, 0.1) is 18.3 Å². The first-order chi connectivity index (χ1) is 39.7. The van der Waals surface area contributed by atoms with E-state index < -0.39 is 0 Å². The van der Waals surface area contributed by atoms with Crippen LogP contribution in [0.1, 0.15) is 328 Å². The number of hydrogen-bond acceptors (Lipinski definition) is 6. The third kappa shape index (κ3) is 43.4.